The number of aliphatic carboxylic acids is 1. The normalized spacial score (nSPS) is 19.7. The monoisotopic (exact) mass is 285 g/mol. The van der Waals surface area contributed by atoms with Crippen LogP contribution in [0.2, 0.25) is 0 Å². The number of urea groups is 1. The molecule has 0 aliphatic carbocycles. The van der Waals surface area contributed by atoms with Crippen LogP contribution in [0.5, 0.6) is 0 Å². The summed E-state index contributed by atoms with van der Waals surface area (Å²) in [5, 5.41) is 11.4. The zero-order chi connectivity index (χ0) is 15.5. The third-order valence-electron chi connectivity index (χ3n) is 3.61. The Labute approximate surface area is 118 Å². The van der Waals surface area contributed by atoms with Crippen molar-refractivity contribution in [1.82, 2.24) is 15.1 Å². The van der Waals surface area contributed by atoms with Crippen LogP contribution in [-0.4, -0.2) is 64.5 Å². The second-order valence-corrected chi connectivity index (χ2v) is 5.72. The molecular weight excluding hydrogens is 262 g/mol. The zero-order valence-electron chi connectivity index (χ0n) is 12.5. The fraction of sp³-hybridized carbons (Fsp3) is 0.769. The first-order valence-corrected chi connectivity index (χ1v) is 6.71. The van der Waals surface area contributed by atoms with Gasteiger partial charge < -0.3 is 20.2 Å². The van der Waals surface area contributed by atoms with Gasteiger partial charge in [-0.15, -0.1) is 0 Å². The van der Waals surface area contributed by atoms with Crippen LogP contribution in [0, 0.1) is 0 Å². The van der Waals surface area contributed by atoms with Crippen molar-refractivity contribution in [1.29, 1.82) is 0 Å². The minimum absolute atomic E-state index is 0.00646. The fourth-order valence-electron chi connectivity index (χ4n) is 2.27. The van der Waals surface area contributed by atoms with Gasteiger partial charge in [0.05, 0.1) is 0 Å². The molecule has 1 atom stereocenters. The second kappa shape index (κ2) is 6.11. The van der Waals surface area contributed by atoms with Crippen LogP contribution in [0.1, 0.15) is 33.6 Å². The molecule has 1 unspecified atom stereocenters. The number of carboxylic acid groups (broad SMARTS) is 1. The molecule has 20 heavy (non-hydrogen) atoms. The van der Waals surface area contributed by atoms with Crippen molar-refractivity contribution in [2.75, 3.05) is 20.1 Å². The van der Waals surface area contributed by atoms with Gasteiger partial charge in [0.2, 0.25) is 5.91 Å². The molecule has 0 radical (unpaired) electrons. The lowest BCUT2D eigenvalue weighted by Gasteiger charge is -2.44. The maximum Gasteiger partial charge on any atom is 0.318 e. The molecule has 114 valence electrons. The van der Waals surface area contributed by atoms with E-state index in [1.54, 1.807) is 32.7 Å². The number of hydrogen-bond acceptors (Lipinski definition) is 3. The van der Waals surface area contributed by atoms with Crippen molar-refractivity contribution >= 4 is 17.9 Å². The Morgan fingerprint density at radius 1 is 1.40 bits per heavy atom. The number of likely N-dealkylation sites (N-methyl/N-ethyl adjacent to an activating group) is 1. The third kappa shape index (κ3) is 3.61. The Kier molecular flexibility index (Phi) is 4.97. The Balaban J connectivity index is 2.63. The van der Waals surface area contributed by atoms with Gasteiger partial charge >= 0.3 is 12.0 Å². The molecule has 1 heterocycles. The molecule has 0 aromatic heterocycles. The first kappa shape index (κ1) is 16.3. The molecule has 1 fully saturated rings. The van der Waals surface area contributed by atoms with Gasteiger partial charge in [-0.05, 0) is 27.2 Å². The zero-order valence-corrected chi connectivity index (χ0v) is 12.5. The van der Waals surface area contributed by atoms with Crippen LogP contribution in [0.25, 0.3) is 0 Å². The number of hydrogen-bond donors (Lipinski definition) is 2. The highest BCUT2D eigenvalue weighted by Gasteiger charge is 2.43. The average Bonchev–Trinajstić information content (AvgIpc) is 2.33. The molecule has 0 saturated carbocycles. The number of carboxylic acids is 1. The molecule has 0 spiro atoms. The quantitative estimate of drug-likeness (QED) is 0.787. The van der Waals surface area contributed by atoms with Gasteiger partial charge in [-0.3, -0.25) is 9.59 Å². The number of carbonyl (C=O) groups excluding carboxylic acids is 2. The summed E-state index contributed by atoms with van der Waals surface area (Å²) in [6, 6.07) is -0.571. The van der Waals surface area contributed by atoms with Crippen molar-refractivity contribution in [2.24, 2.45) is 0 Å². The Morgan fingerprint density at radius 2 is 2.00 bits per heavy atom. The van der Waals surface area contributed by atoms with E-state index in [9.17, 15) is 14.4 Å². The summed E-state index contributed by atoms with van der Waals surface area (Å²) < 4.78 is 0. The second-order valence-electron chi connectivity index (χ2n) is 5.72. The van der Waals surface area contributed by atoms with Gasteiger partial charge in [0.1, 0.15) is 5.54 Å². The maximum absolute atomic E-state index is 12.2. The Hall–Kier alpha value is -1.79. The van der Waals surface area contributed by atoms with Crippen molar-refractivity contribution in [2.45, 2.75) is 45.2 Å². The molecule has 2 N–H and O–H groups in total. The fourth-order valence-corrected chi connectivity index (χ4v) is 2.27. The molecule has 0 bridgehead atoms. The number of rotatable bonds is 4. The molecular formula is C13H23N3O4. The van der Waals surface area contributed by atoms with Crippen molar-refractivity contribution in [3.05, 3.63) is 0 Å². The minimum atomic E-state index is -0.888. The SMILES string of the molecule is CC(CCC(=O)O)NC(=O)N1CCN(C)C(=O)C1(C)C. The minimum Gasteiger partial charge on any atom is -0.481 e. The number of nitrogens with one attached hydrogen (secondary N) is 1. The van der Waals surface area contributed by atoms with E-state index in [1.165, 1.54) is 4.90 Å². The molecule has 1 saturated heterocycles. The summed E-state index contributed by atoms with van der Waals surface area (Å²) >= 11 is 0. The van der Waals surface area contributed by atoms with Gasteiger partial charge in [0.25, 0.3) is 0 Å². The van der Waals surface area contributed by atoms with Crippen molar-refractivity contribution < 1.29 is 19.5 Å². The number of nitrogens with zero attached hydrogens (tertiary/aromatic N) is 2. The van der Waals surface area contributed by atoms with Crippen LogP contribution in [0.4, 0.5) is 4.79 Å². The lowest BCUT2D eigenvalue weighted by Crippen LogP contribution is -2.65. The van der Waals surface area contributed by atoms with Crippen LogP contribution >= 0.6 is 0 Å². The largest absolute Gasteiger partial charge is 0.481 e. The van der Waals surface area contributed by atoms with Crippen LogP contribution in [-0.2, 0) is 9.59 Å². The van der Waals surface area contributed by atoms with Crippen LogP contribution < -0.4 is 5.32 Å². The highest BCUT2D eigenvalue weighted by molar-refractivity contribution is 5.91. The number of piperazine rings is 1. The predicted octanol–water partition coefficient (Wildman–Crippen LogP) is 0.502. The summed E-state index contributed by atoms with van der Waals surface area (Å²) in [6.45, 7) is 6.15. The van der Waals surface area contributed by atoms with E-state index in [-0.39, 0.29) is 24.4 Å². The molecule has 3 amide bonds. The van der Waals surface area contributed by atoms with E-state index < -0.39 is 11.5 Å². The average molecular weight is 285 g/mol. The molecule has 1 aliphatic heterocycles. The van der Waals surface area contributed by atoms with E-state index in [0.717, 1.165) is 0 Å². The molecule has 7 heteroatoms. The van der Waals surface area contributed by atoms with Gasteiger partial charge in [-0.2, -0.15) is 0 Å². The summed E-state index contributed by atoms with van der Waals surface area (Å²) in [7, 11) is 1.72. The highest BCUT2D eigenvalue weighted by Crippen LogP contribution is 2.21. The number of amides is 3. The lowest BCUT2D eigenvalue weighted by molar-refractivity contribution is -0.144. The standard InChI is InChI=1S/C13H23N3O4/c1-9(5-6-10(17)18)14-12(20)16-8-7-15(4)11(19)13(16,2)3/h9H,5-8H2,1-4H3,(H,14,20)(H,17,18). The van der Waals surface area contributed by atoms with E-state index in [2.05, 4.69) is 5.32 Å². The molecule has 0 aromatic carbocycles. The summed E-state index contributed by atoms with van der Waals surface area (Å²) in [6.07, 6.45) is 0.371. The molecule has 7 nitrogen and oxygen atoms in total. The number of carbonyl (C=O) groups is 3. The maximum atomic E-state index is 12.2. The molecule has 1 aliphatic rings. The summed E-state index contributed by atoms with van der Waals surface area (Å²) in [5.74, 6) is -0.988. The van der Waals surface area contributed by atoms with Gasteiger partial charge in [-0.25, -0.2) is 4.79 Å². The van der Waals surface area contributed by atoms with Crippen LogP contribution in [0.15, 0.2) is 0 Å². The Morgan fingerprint density at radius 3 is 2.55 bits per heavy atom. The third-order valence-corrected chi connectivity index (χ3v) is 3.61. The first-order valence-electron chi connectivity index (χ1n) is 6.71. The van der Waals surface area contributed by atoms with E-state index >= 15 is 0 Å². The van der Waals surface area contributed by atoms with Gasteiger partial charge in [0, 0.05) is 32.6 Å². The van der Waals surface area contributed by atoms with Gasteiger partial charge in [0.15, 0.2) is 0 Å². The van der Waals surface area contributed by atoms with E-state index in [1.807, 2.05) is 0 Å². The first-order chi connectivity index (χ1) is 9.16. The topological polar surface area (TPSA) is 89.9 Å². The predicted molar refractivity (Wildman–Crippen MR) is 73.3 cm³/mol. The van der Waals surface area contributed by atoms with E-state index in [4.69, 9.17) is 5.11 Å². The van der Waals surface area contributed by atoms with Crippen molar-refractivity contribution in [3.8, 4) is 0 Å². The van der Waals surface area contributed by atoms with E-state index in [0.29, 0.717) is 19.5 Å². The highest BCUT2D eigenvalue weighted by atomic mass is 16.4. The summed E-state index contributed by atoms with van der Waals surface area (Å²) in [4.78, 5) is 37.9. The smallest absolute Gasteiger partial charge is 0.318 e. The molecule has 1 rings (SSSR count). The molecule has 0 aromatic rings. The van der Waals surface area contributed by atoms with Crippen LogP contribution in [0.3, 0.4) is 0 Å². The van der Waals surface area contributed by atoms with Gasteiger partial charge in [-0.1, -0.05) is 0 Å². The van der Waals surface area contributed by atoms with Crippen molar-refractivity contribution in [3.63, 3.8) is 0 Å². The Bertz CT molecular complexity index is 408. The lowest BCUT2D eigenvalue weighted by atomic mass is 9.98. The summed E-state index contributed by atoms with van der Waals surface area (Å²) in [5.41, 5.74) is -0.885.